The van der Waals surface area contributed by atoms with Gasteiger partial charge in [0.1, 0.15) is 11.7 Å². The van der Waals surface area contributed by atoms with E-state index >= 15 is 0 Å². The van der Waals surface area contributed by atoms with Gasteiger partial charge in [0.25, 0.3) is 0 Å². The third-order valence-electron chi connectivity index (χ3n) is 2.18. The molecule has 0 bridgehead atoms. The van der Waals surface area contributed by atoms with Crippen molar-refractivity contribution in [3.63, 3.8) is 0 Å². The maximum Gasteiger partial charge on any atom is 0.128 e. The second-order valence-corrected chi connectivity index (χ2v) is 3.25. The fourth-order valence-corrected chi connectivity index (χ4v) is 1.46. The molecular formula is C10H16O2. The van der Waals surface area contributed by atoms with Crippen molar-refractivity contribution in [2.24, 2.45) is 0 Å². The summed E-state index contributed by atoms with van der Waals surface area (Å²) in [5, 5.41) is 9.84. The average molecular weight is 168 g/mol. The van der Waals surface area contributed by atoms with Crippen molar-refractivity contribution >= 4 is 0 Å². The smallest absolute Gasteiger partial charge is 0.128 e. The summed E-state index contributed by atoms with van der Waals surface area (Å²) in [7, 11) is 0. The maximum atomic E-state index is 9.84. The molecule has 2 nitrogen and oxygen atoms in total. The summed E-state index contributed by atoms with van der Waals surface area (Å²) in [6.07, 6.45) is 7.52. The zero-order valence-corrected chi connectivity index (χ0v) is 7.60. The van der Waals surface area contributed by atoms with Crippen LogP contribution < -0.4 is 0 Å². The molecule has 1 aliphatic rings. The van der Waals surface area contributed by atoms with E-state index in [1.807, 2.05) is 6.92 Å². The average Bonchev–Trinajstić information content (AvgIpc) is 2.06. The van der Waals surface area contributed by atoms with Crippen molar-refractivity contribution in [1.82, 2.24) is 0 Å². The van der Waals surface area contributed by atoms with Gasteiger partial charge in [-0.15, -0.1) is 0 Å². The Morgan fingerprint density at radius 1 is 1.33 bits per heavy atom. The standard InChI is InChI=1S/C10H16O2/c1-2-12-9-8-10(11)6-4-3-5-7-10/h11H,2-7H2,1H3. The third-order valence-corrected chi connectivity index (χ3v) is 2.18. The van der Waals surface area contributed by atoms with Crippen molar-refractivity contribution in [1.29, 1.82) is 0 Å². The van der Waals surface area contributed by atoms with E-state index < -0.39 is 5.60 Å². The fraction of sp³-hybridized carbons (Fsp3) is 0.800. The van der Waals surface area contributed by atoms with E-state index in [-0.39, 0.29) is 0 Å². The lowest BCUT2D eigenvalue weighted by atomic mass is 9.86. The molecule has 12 heavy (non-hydrogen) atoms. The van der Waals surface area contributed by atoms with Gasteiger partial charge in [-0.1, -0.05) is 6.42 Å². The largest absolute Gasteiger partial charge is 0.447 e. The first-order chi connectivity index (χ1) is 5.77. The van der Waals surface area contributed by atoms with E-state index in [1.165, 1.54) is 6.42 Å². The molecule has 0 aromatic rings. The van der Waals surface area contributed by atoms with Gasteiger partial charge in [-0.2, -0.15) is 0 Å². The molecule has 0 radical (unpaired) electrons. The van der Waals surface area contributed by atoms with Crippen molar-refractivity contribution in [2.45, 2.75) is 44.6 Å². The van der Waals surface area contributed by atoms with Crippen LogP contribution in [0.25, 0.3) is 0 Å². The molecule has 1 fully saturated rings. The maximum absolute atomic E-state index is 9.84. The topological polar surface area (TPSA) is 29.5 Å². The molecule has 1 rings (SSSR count). The van der Waals surface area contributed by atoms with E-state index in [9.17, 15) is 5.11 Å². The van der Waals surface area contributed by atoms with Gasteiger partial charge in [-0.3, -0.25) is 0 Å². The summed E-state index contributed by atoms with van der Waals surface area (Å²) in [4.78, 5) is 0. The molecule has 0 amide bonds. The lowest BCUT2D eigenvalue weighted by Gasteiger charge is -2.25. The van der Waals surface area contributed by atoms with Crippen molar-refractivity contribution in [3.8, 4) is 12.0 Å². The number of rotatable bonds is 1. The van der Waals surface area contributed by atoms with E-state index in [2.05, 4.69) is 12.0 Å². The molecule has 68 valence electrons. The highest BCUT2D eigenvalue weighted by atomic mass is 16.5. The first kappa shape index (κ1) is 9.41. The third kappa shape index (κ3) is 2.75. The lowest BCUT2D eigenvalue weighted by molar-refractivity contribution is 0.0598. The summed E-state index contributed by atoms with van der Waals surface area (Å²) in [6, 6.07) is 0. The molecule has 2 heteroatoms. The Morgan fingerprint density at radius 2 is 2.00 bits per heavy atom. The molecule has 0 spiro atoms. The Morgan fingerprint density at radius 3 is 2.58 bits per heavy atom. The van der Waals surface area contributed by atoms with Crippen LogP contribution in [0.3, 0.4) is 0 Å². The van der Waals surface area contributed by atoms with Gasteiger partial charge in [0.05, 0.1) is 6.61 Å². The van der Waals surface area contributed by atoms with Crippen LogP contribution in [-0.2, 0) is 4.74 Å². The van der Waals surface area contributed by atoms with Crippen LogP contribution in [0.4, 0.5) is 0 Å². The summed E-state index contributed by atoms with van der Waals surface area (Å²) in [6.45, 7) is 2.47. The molecule has 0 atom stereocenters. The normalized spacial score (nSPS) is 20.8. The minimum atomic E-state index is -0.757. The second kappa shape index (κ2) is 4.37. The lowest BCUT2D eigenvalue weighted by Crippen LogP contribution is -2.29. The van der Waals surface area contributed by atoms with E-state index in [0.717, 1.165) is 25.7 Å². The van der Waals surface area contributed by atoms with Crippen molar-refractivity contribution in [2.75, 3.05) is 6.61 Å². The fourth-order valence-electron chi connectivity index (χ4n) is 1.46. The molecule has 0 unspecified atom stereocenters. The van der Waals surface area contributed by atoms with E-state index in [4.69, 9.17) is 4.74 Å². The number of hydrogen-bond acceptors (Lipinski definition) is 2. The second-order valence-electron chi connectivity index (χ2n) is 3.25. The highest BCUT2D eigenvalue weighted by molar-refractivity contribution is 5.11. The SMILES string of the molecule is CCOC#CC1(O)CCCCC1. The first-order valence-corrected chi connectivity index (χ1v) is 4.63. The van der Waals surface area contributed by atoms with Crippen LogP contribution in [0.5, 0.6) is 0 Å². The monoisotopic (exact) mass is 168 g/mol. The quantitative estimate of drug-likeness (QED) is 0.604. The molecule has 0 aromatic heterocycles. The number of hydrogen-bond donors (Lipinski definition) is 1. The van der Waals surface area contributed by atoms with E-state index in [1.54, 1.807) is 0 Å². The van der Waals surface area contributed by atoms with E-state index in [0.29, 0.717) is 6.61 Å². The Kier molecular flexibility index (Phi) is 3.43. The molecule has 1 saturated carbocycles. The van der Waals surface area contributed by atoms with Gasteiger partial charge in [-0.25, -0.2) is 0 Å². The predicted octanol–water partition coefficient (Wildman–Crippen LogP) is 1.68. The molecule has 0 heterocycles. The van der Waals surface area contributed by atoms with Crippen LogP contribution in [0, 0.1) is 12.0 Å². The minimum absolute atomic E-state index is 0.586. The summed E-state index contributed by atoms with van der Waals surface area (Å²) in [5.41, 5.74) is -0.757. The van der Waals surface area contributed by atoms with Crippen LogP contribution in [0.15, 0.2) is 0 Å². The highest BCUT2D eigenvalue weighted by Gasteiger charge is 2.26. The summed E-state index contributed by atoms with van der Waals surface area (Å²) in [5.74, 6) is 2.78. The summed E-state index contributed by atoms with van der Waals surface area (Å²) < 4.78 is 4.88. The number of aliphatic hydroxyl groups is 1. The zero-order chi connectivity index (χ0) is 8.86. The van der Waals surface area contributed by atoms with Gasteiger partial charge in [-0.05, 0) is 38.5 Å². The Balaban J connectivity index is 2.42. The van der Waals surface area contributed by atoms with Gasteiger partial charge < -0.3 is 9.84 Å². The van der Waals surface area contributed by atoms with Crippen molar-refractivity contribution in [3.05, 3.63) is 0 Å². The van der Waals surface area contributed by atoms with Gasteiger partial charge >= 0.3 is 0 Å². The Labute approximate surface area is 73.9 Å². The molecule has 0 saturated heterocycles. The molecule has 0 aromatic carbocycles. The van der Waals surface area contributed by atoms with Gasteiger partial charge in [0.15, 0.2) is 0 Å². The van der Waals surface area contributed by atoms with Gasteiger partial charge in [0.2, 0.25) is 0 Å². The predicted molar refractivity (Wildman–Crippen MR) is 47.4 cm³/mol. The minimum Gasteiger partial charge on any atom is -0.447 e. The zero-order valence-electron chi connectivity index (χ0n) is 7.60. The Hall–Kier alpha value is -0.680. The number of ether oxygens (including phenoxy) is 1. The van der Waals surface area contributed by atoms with Crippen LogP contribution >= 0.6 is 0 Å². The molecule has 0 aliphatic heterocycles. The van der Waals surface area contributed by atoms with Crippen molar-refractivity contribution < 1.29 is 9.84 Å². The first-order valence-electron chi connectivity index (χ1n) is 4.63. The van der Waals surface area contributed by atoms with Crippen LogP contribution in [0.1, 0.15) is 39.0 Å². The highest BCUT2D eigenvalue weighted by Crippen LogP contribution is 2.26. The van der Waals surface area contributed by atoms with Crippen LogP contribution in [0.2, 0.25) is 0 Å². The molecule has 1 N–H and O–H groups in total. The van der Waals surface area contributed by atoms with Crippen LogP contribution in [-0.4, -0.2) is 17.3 Å². The molecule has 1 aliphatic carbocycles. The summed E-state index contributed by atoms with van der Waals surface area (Å²) >= 11 is 0. The van der Waals surface area contributed by atoms with Gasteiger partial charge in [0, 0.05) is 0 Å². The Bertz CT molecular complexity index is 182. The molecular weight excluding hydrogens is 152 g/mol.